The zero-order valence-corrected chi connectivity index (χ0v) is 19.3. The van der Waals surface area contributed by atoms with E-state index in [1.54, 1.807) is 0 Å². The second kappa shape index (κ2) is 8.01. The smallest absolute Gasteiger partial charge is 0.0720 e. The monoisotopic (exact) mass is 461 g/mol. The van der Waals surface area contributed by atoms with Crippen LogP contribution in [-0.4, -0.2) is 18.2 Å². The van der Waals surface area contributed by atoms with Crippen molar-refractivity contribution in [1.82, 2.24) is 0 Å². The van der Waals surface area contributed by atoms with Crippen molar-refractivity contribution in [3.05, 3.63) is 63.1 Å². The summed E-state index contributed by atoms with van der Waals surface area (Å²) in [5, 5.41) is 0.817. The highest BCUT2D eigenvalue weighted by molar-refractivity contribution is 9.10. The van der Waals surface area contributed by atoms with Crippen LogP contribution in [-0.2, 0) is 17.8 Å². The highest BCUT2D eigenvalue weighted by atomic mass is 79.9. The van der Waals surface area contributed by atoms with Gasteiger partial charge in [0, 0.05) is 21.6 Å². The van der Waals surface area contributed by atoms with Crippen LogP contribution in [0.5, 0.6) is 0 Å². The van der Waals surface area contributed by atoms with E-state index in [0.29, 0.717) is 24.8 Å². The molecule has 1 atom stereocenters. The minimum Gasteiger partial charge on any atom is -0.373 e. The molecule has 0 bridgehead atoms. The molecule has 1 saturated carbocycles. The third kappa shape index (κ3) is 4.13. The quantitative estimate of drug-likeness (QED) is 0.484. The Bertz CT molecular complexity index is 826. The first-order chi connectivity index (χ1) is 13.3. The molecule has 4 heteroatoms. The maximum absolute atomic E-state index is 6.34. The summed E-state index contributed by atoms with van der Waals surface area (Å²) in [6.07, 6.45) is 4.80. The highest BCUT2D eigenvalue weighted by Gasteiger charge is 2.44. The summed E-state index contributed by atoms with van der Waals surface area (Å²) in [7, 11) is 0. The summed E-state index contributed by atoms with van der Waals surface area (Å²) < 4.78 is 7.31. The van der Waals surface area contributed by atoms with Crippen molar-refractivity contribution in [2.24, 2.45) is 5.41 Å². The number of nitrogens with zero attached hydrogens (tertiary/aromatic N) is 1. The lowest BCUT2D eigenvalue weighted by atomic mass is 9.75. The molecule has 2 aromatic carbocycles. The predicted molar refractivity (Wildman–Crippen MR) is 121 cm³/mol. The Hall–Kier alpha value is -1.03. The molecule has 150 valence electrons. The van der Waals surface area contributed by atoms with Crippen LogP contribution in [0.15, 0.2) is 46.9 Å². The average molecular weight is 463 g/mol. The van der Waals surface area contributed by atoms with Gasteiger partial charge in [-0.3, -0.25) is 0 Å². The van der Waals surface area contributed by atoms with E-state index >= 15 is 0 Å². The number of aryl methyl sites for hydroxylation is 1. The number of rotatable bonds is 4. The Kier molecular flexibility index (Phi) is 5.79. The van der Waals surface area contributed by atoms with Crippen LogP contribution in [0.3, 0.4) is 0 Å². The molecule has 0 aromatic heterocycles. The van der Waals surface area contributed by atoms with E-state index in [2.05, 4.69) is 71.9 Å². The maximum atomic E-state index is 6.34. The van der Waals surface area contributed by atoms with E-state index in [4.69, 9.17) is 16.3 Å². The summed E-state index contributed by atoms with van der Waals surface area (Å²) >= 11 is 10.1. The number of anilines is 1. The van der Waals surface area contributed by atoms with Gasteiger partial charge in [-0.15, -0.1) is 0 Å². The summed E-state index contributed by atoms with van der Waals surface area (Å²) in [5.74, 6) is 0. The number of hydrogen-bond acceptors (Lipinski definition) is 2. The van der Waals surface area contributed by atoms with Gasteiger partial charge in [-0.05, 0) is 70.3 Å². The van der Waals surface area contributed by atoms with Gasteiger partial charge in [-0.25, -0.2) is 0 Å². The van der Waals surface area contributed by atoms with Crippen LogP contribution < -0.4 is 4.90 Å². The van der Waals surface area contributed by atoms with Crippen LogP contribution in [0.25, 0.3) is 0 Å². The molecule has 2 aliphatic rings. The van der Waals surface area contributed by atoms with Gasteiger partial charge in [0.15, 0.2) is 0 Å². The van der Waals surface area contributed by atoms with Gasteiger partial charge in [0.2, 0.25) is 0 Å². The van der Waals surface area contributed by atoms with E-state index < -0.39 is 0 Å². The number of hydrogen-bond donors (Lipinski definition) is 0. The summed E-state index contributed by atoms with van der Waals surface area (Å²) in [4.78, 5) is 2.68. The normalized spacial score (nSPS) is 24.6. The van der Waals surface area contributed by atoms with Crippen molar-refractivity contribution in [2.75, 3.05) is 4.90 Å². The molecule has 4 rings (SSSR count). The fourth-order valence-electron chi connectivity index (χ4n) is 4.66. The van der Waals surface area contributed by atoms with Crippen molar-refractivity contribution in [3.8, 4) is 0 Å². The zero-order chi connectivity index (χ0) is 19.9. The Morgan fingerprint density at radius 1 is 1.14 bits per heavy atom. The van der Waals surface area contributed by atoms with Crippen molar-refractivity contribution in [1.29, 1.82) is 0 Å². The standard InChI is InChI=1S/C24H29BrClNO/c1-24(2,3)22-10-9-17-11-18(26)12-21(25)23(17)27(22)19-13-20(14-19)28-15-16-7-5-4-6-8-16/h4-8,11-12,19-20,22H,9-10,13-15H2,1-3H3. The fraction of sp³-hybridized carbons (Fsp3) is 0.500. The highest BCUT2D eigenvalue weighted by Crippen LogP contribution is 2.47. The minimum atomic E-state index is 0.229. The molecule has 1 heterocycles. The lowest BCUT2D eigenvalue weighted by Gasteiger charge is -2.54. The molecule has 1 aliphatic carbocycles. The Labute approximate surface area is 182 Å². The van der Waals surface area contributed by atoms with Crippen molar-refractivity contribution in [3.63, 3.8) is 0 Å². The molecule has 1 fully saturated rings. The molecule has 0 amide bonds. The molecule has 1 aliphatic heterocycles. The molecule has 0 radical (unpaired) electrons. The van der Waals surface area contributed by atoms with Crippen LogP contribution in [0.2, 0.25) is 5.02 Å². The largest absolute Gasteiger partial charge is 0.373 e. The van der Waals surface area contributed by atoms with Crippen molar-refractivity contribution >= 4 is 33.2 Å². The fourth-order valence-corrected chi connectivity index (χ4v) is 5.74. The lowest BCUT2D eigenvalue weighted by molar-refractivity contribution is -0.0243. The second-order valence-electron chi connectivity index (χ2n) is 9.27. The third-order valence-electron chi connectivity index (χ3n) is 6.18. The van der Waals surface area contributed by atoms with Gasteiger partial charge in [0.1, 0.15) is 0 Å². The summed E-state index contributed by atoms with van der Waals surface area (Å²) in [5.41, 5.74) is 4.20. The van der Waals surface area contributed by atoms with E-state index in [-0.39, 0.29) is 5.41 Å². The molecule has 28 heavy (non-hydrogen) atoms. The second-order valence-corrected chi connectivity index (χ2v) is 10.6. The third-order valence-corrected chi connectivity index (χ3v) is 7.00. The Balaban J connectivity index is 1.50. The number of fused-ring (bicyclic) bond motifs is 1. The topological polar surface area (TPSA) is 12.5 Å². The number of benzene rings is 2. The van der Waals surface area contributed by atoms with Crippen LogP contribution in [0.4, 0.5) is 5.69 Å². The van der Waals surface area contributed by atoms with Crippen molar-refractivity contribution in [2.45, 2.75) is 71.2 Å². The average Bonchev–Trinajstić information content (AvgIpc) is 2.59. The lowest BCUT2D eigenvalue weighted by Crippen LogP contribution is -2.57. The van der Waals surface area contributed by atoms with Gasteiger partial charge in [0.25, 0.3) is 0 Å². The number of ether oxygens (including phenoxy) is 1. The SMILES string of the molecule is CC(C)(C)C1CCc2cc(Cl)cc(Br)c2N1C1CC(OCc2ccccc2)C1. The van der Waals surface area contributed by atoms with E-state index in [1.165, 1.54) is 23.2 Å². The summed E-state index contributed by atoms with van der Waals surface area (Å²) in [6.45, 7) is 7.79. The summed E-state index contributed by atoms with van der Waals surface area (Å²) in [6, 6.07) is 15.7. The Morgan fingerprint density at radius 3 is 2.54 bits per heavy atom. The van der Waals surface area contributed by atoms with Gasteiger partial charge < -0.3 is 9.64 Å². The number of halogens is 2. The molecule has 0 N–H and O–H groups in total. The predicted octanol–water partition coefficient (Wildman–Crippen LogP) is 7.02. The first-order valence-corrected chi connectivity index (χ1v) is 11.4. The molecule has 0 spiro atoms. The Morgan fingerprint density at radius 2 is 1.86 bits per heavy atom. The van der Waals surface area contributed by atoms with E-state index in [9.17, 15) is 0 Å². The maximum Gasteiger partial charge on any atom is 0.0720 e. The minimum absolute atomic E-state index is 0.229. The van der Waals surface area contributed by atoms with Crippen LogP contribution in [0, 0.1) is 5.41 Å². The first kappa shape index (κ1) is 20.3. The van der Waals surface area contributed by atoms with Crippen LogP contribution in [0.1, 0.15) is 51.2 Å². The van der Waals surface area contributed by atoms with Gasteiger partial charge in [0.05, 0.1) is 18.4 Å². The molecule has 0 saturated heterocycles. The molecule has 2 nitrogen and oxygen atoms in total. The first-order valence-electron chi connectivity index (χ1n) is 10.2. The molecular formula is C24H29BrClNO. The van der Waals surface area contributed by atoms with E-state index in [1.807, 2.05) is 12.1 Å². The van der Waals surface area contributed by atoms with Gasteiger partial charge >= 0.3 is 0 Å². The van der Waals surface area contributed by atoms with Crippen LogP contribution >= 0.6 is 27.5 Å². The van der Waals surface area contributed by atoms with Crippen molar-refractivity contribution < 1.29 is 4.74 Å². The molecule has 1 unspecified atom stereocenters. The van der Waals surface area contributed by atoms with Gasteiger partial charge in [-0.2, -0.15) is 0 Å². The van der Waals surface area contributed by atoms with Gasteiger partial charge in [-0.1, -0.05) is 62.7 Å². The molecular weight excluding hydrogens is 434 g/mol. The zero-order valence-electron chi connectivity index (χ0n) is 16.9. The molecule has 2 aromatic rings. The van der Waals surface area contributed by atoms with E-state index in [0.717, 1.165) is 28.8 Å².